The molecule has 1 aromatic rings. The lowest BCUT2D eigenvalue weighted by Crippen LogP contribution is -2.01. The molecular formula is C10H12S3. The number of thiocarbonyl (C=S) groups is 2. The zero-order valence-electron chi connectivity index (χ0n) is 7.79. The van der Waals surface area contributed by atoms with Gasteiger partial charge in [-0.2, -0.15) is 0 Å². The first-order valence-electron chi connectivity index (χ1n) is 4.34. The van der Waals surface area contributed by atoms with Crippen LogP contribution in [-0.4, -0.2) is 9.73 Å². The maximum atomic E-state index is 5.28. The molecule has 0 nitrogen and oxygen atoms in total. The normalized spacial score (nSPS) is 10.0. The summed E-state index contributed by atoms with van der Waals surface area (Å²) in [6, 6.07) is 2.08. The van der Waals surface area contributed by atoms with Crippen molar-refractivity contribution < 1.29 is 0 Å². The highest BCUT2D eigenvalue weighted by molar-refractivity contribution is 7.81. The second-order valence-electron chi connectivity index (χ2n) is 2.72. The van der Waals surface area contributed by atoms with E-state index in [2.05, 4.69) is 25.3 Å². The Morgan fingerprint density at radius 2 is 1.85 bits per heavy atom. The SMILES string of the molecule is CCC(=S)c1ccsc1C(=S)CC. The Bertz CT molecular complexity index is 292. The zero-order valence-corrected chi connectivity index (χ0v) is 10.2. The maximum Gasteiger partial charge on any atom is 0.0493 e. The maximum absolute atomic E-state index is 5.28. The monoisotopic (exact) mass is 228 g/mol. The number of rotatable bonds is 4. The van der Waals surface area contributed by atoms with Crippen molar-refractivity contribution in [3.63, 3.8) is 0 Å². The van der Waals surface area contributed by atoms with Gasteiger partial charge in [0.2, 0.25) is 0 Å². The fraction of sp³-hybridized carbons (Fsp3) is 0.400. The molecule has 0 spiro atoms. The molecule has 0 N–H and O–H groups in total. The third-order valence-electron chi connectivity index (χ3n) is 1.86. The third-order valence-corrected chi connectivity index (χ3v) is 3.97. The fourth-order valence-electron chi connectivity index (χ4n) is 1.10. The summed E-state index contributed by atoms with van der Waals surface area (Å²) < 4.78 is 0. The van der Waals surface area contributed by atoms with E-state index in [-0.39, 0.29) is 0 Å². The first kappa shape index (κ1) is 11.0. The first-order chi connectivity index (χ1) is 6.20. The van der Waals surface area contributed by atoms with E-state index in [1.54, 1.807) is 11.3 Å². The Hall–Kier alpha value is -0.120. The molecule has 0 aliphatic rings. The van der Waals surface area contributed by atoms with Crippen LogP contribution in [0.3, 0.4) is 0 Å². The first-order valence-corrected chi connectivity index (χ1v) is 6.04. The van der Waals surface area contributed by atoms with E-state index < -0.39 is 0 Å². The predicted octanol–water partition coefficient (Wildman–Crippen LogP) is 4.00. The molecule has 0 aliphatic carbocycles. The molecule has 3 heteroatoms. The molecule has 1 heterocycles. The lowest BCUT2D eigenvalue weighted by Gasteiger charge is -2.02. The number of hydrogen-bond donors (Lipinski definition) is 0. The van der Waals surface area contributed by atoms with Crippen molar-refractivity contribution in [3.05, 3.63) is 21.9 Å². The minimum atomic E-state index is 0.922. The van der Waals surface area contributed by atoms with Crippen molar-refractivity contribution in [2.24, 2.45) is 0 Å². The molecule has 1 rings (SSSR count). The van der Waals surface area contributed by atoms with Gasteiger partial charge in [0.25, 0.3) is 0 Å². The summed E-state index contributed by atoms with van der Waals surface area (Å²) in [6.07, 6.45) is 1.85. The summed E-state index contributed by atoms with van der Waals surface area (Å²) in [7, 11) is 0. The largest absolute Gasteiger partial charge is 0.143 e. The molecular weight excluding hydrogens is 216 g/mol. The zero-order chi connectivity index (χ0) is 9.84. The highest BCUT2D eigenvalue weighted by Gasteiger charge is 2.10. The topological polar surface area (TPSA) is 0 Å². The average Bonchev–Trinajstić information content (AvgIpc) is 2.63. The fourth-order valence-corrected chi connectivity index (χ4v) is 2.52. The summed E-state index contributed by atoms with van der Waals surface area (Å²) in [5, 5.41) is 2.06. The highest BCUT2D eigenvalue weighted by Crippen LogP contribution is 2.21. The Labute approximate surface area is 94.0 Å². The molecule has 70 valence electrons. The van der Waals surface area contributed by atoms with E-state index in [4.69, 9.17) is 24.4 Å². The van der Waals surface area contributed by atoms with Crippen LogP contribution < -0.4 is 0 Å². The van der Waals surface area contributed by atoms with Crippen LogP contribution in [0.5, 0.6) is 0 Å². The summed E-state index contributed by atoms with van der Waals surface area (Å²) in [5.41, 5.74) is 1.18. The van der Waals surface area contributed by atoms with Crippen LogP contribution in [0.4, 0.5) is 0 Å². The second-order valence-corrected chi connectivity index (χ2v) is 4.62. The molecule has 0 aromatic carbocycles. The number of hydrogen-bond acceptors (Lipinski definition) is 3. The molecule has 0 unspecified atom stereocenters. The summed E-state index contributed by atoms with van der Waals surface area (Å²) in [5.74, 6) is 0. The third kappa shape index (κ3) is 2.42. The van der Waals surface area contributed by atoms with Crippen molar-refractivity contribution in [1.82, 2.24) is 0 Å². The van der Waals surface area contributed by atoms with Gasteiger partial charge in [-0.3, -0.25) is 0 Å². The Morgan fingerprint density at radius 1 is 1.23 bits per heavy atom. The van der Waals surface area contributed by atoms with Crippen LogP contribution in [0, 0.1) is 0 Å². The van der Waals surface area contributed by atoms with Crippen molar-refractivity contribution >= 4 is 45.5 Å². The predicted molar refractivity (Wildman–Crippen MR) is 68.3 cm³/mol. The molecule has 0 amide bonds. The van der Waals surface area contributed by atoms with Gasteiger partial charge in [-0.1, -0.05) is 38.3 Å². The summed E-state index contributed by atoms with van der Waals surface area (Å²) in [6.45, 7) is 4.17. The molecule has 0 saturated heterocycles. The van der Waals surface area contributed by atoms with Gasteiger partial charge in [0.15, 0.2) is 0 Å². The van der Waals surface area contributed by atoms with Crippen LogP contribution in [0.2, 0.25) is 0 Å². The van der Waals surface area contributed by atoms with Gasteiger partial charge in [-0.15, -0.1) is 11.3 Å². The van der Waals surface area contributed by atoms with Crippen molar-refractivity contribution in [2.45, 2.75) is 26.7 Å². The van der Waals surface area contributed by atoms with E-state index >= 15 is 0 Å². The lowest BCUT2D eigenvalue weighted by molar-refractivity contribution is 1.30. The second kappa shape index (κ2) is 4.94. The standard InChI is InChI=1S/C10H12S3/c1-3-8(11)7-5-6-13-10(7)9(12)4-2/h5-6H,3-4H2,1-2H3. The molecule has 13 heavy (non-hydrogen) atoms. The summed E-state index contributed by atoms with van der Waals surface area (Å²) in [4.78, 5) is 3.25. The van der Waals surface area contributed by atoms with Crippen molar-refractivity contribution in [2.75, 3.05) is 0 Å². The van der Waals surface area contributed by atoms with Gasteiger partial charge < -0.3 is 0 Å². The quantitative estimate of drug-likeness (QED) is 0.564. The van der Waals surface area contributed by atoms with Crippen LogP contribution in [0.15, 0.2) is 11.4 Å². The Balaban J connectivity index is 3.02. The molecule has 0 fully saturated rings. The van der Waals surface area contributed by atoms with E-state index in [1.165, 1.54) is 10.4 Å². The van der Waals surface area contributed by atoms with Crippen molar-refractivity contribution in [3.8, 4) is 0 Å². The van der Waals surface area contributed by atoms with Gasteiger partial charge in [-0.25, -0.2) is 0 Å². The van der Waals surface area contributed by atoms with Gasteiger partial charge in [0, 0.05) is 20.2 Å². The van der Waals surface area contributed by atoms with Crippen molar-refractivity contribution in [1.29, 1.82) is 0 Å². The molecule has 0 radical (unpaired) electrons. The van der Waals surface area contributed by atoms with E-state index in [1.807, 2.05) is 0 Å². The molecule has 0 bridgehead atoms. The molecule has 0 saturated carbocycles. The minimum Gasteiger partial charge on any atom is -0.143 e. The highest BCUT2D eigenvalue weighted by atomic mass is 32.1. The van der Waals surface area contributed by atoms with Gasteiger partial charge >= 0.3 is 0 Å². The van der Waals surface area contributed by atoms with Crippen LogP contribution in [-0.2, 0) is 0 Å². The molecule has 0 atom stereocenters. The molecule has 0 aliphatic heterocycles. The number of thiophene rings is 1. The average molecular weight is 228 g/mol. The van der Waals surface area contributed by atoms with Gasteiger partial charge in [0.05, 0.1) is 0 Å². The van der Waals surface area contributed by atoms with E-state index in [0.29, 0.717) is 0 Å². The molecule has 1 aromatic heterocycles. The van der Waals surface area contributed by atoms with Gasteiger partial charge in [0.1, 0.15) is 0 Å². The Kier molecular flexibility index (Phi) is 4.16. The van der Waals surface area contributed by atoms with Gasteiger partial charge in [-0.05, 0) is 24.3 Å². The van der Waals surface area contributed by atoms with Crippen LogP contribution in [0.1, 0.15) is 37.1 Å². The Morgan fingerprint density at radius 3 is 2.38 bits per heavy atom. The van der Waals surface area contributed by atoms with E-state index in [9.17, 15) is 0 Å². The lowest BCUT2D eigenvalue weighted by atomic mass is 10.1. The van der Waals surface area contributed by atoms with E-state index in [0.717, 1.165) is 22.6 Å². The van der Waals surface area contributed by atoms with Crippen LogP contribution >= 0.6 is 35.8 Å². The smallest absolute Gasteiger partial charge is 0.0493 e. The minimum absolute atomic E-state index is 0.922. The summed E-state index contributed by atoms with van der Waals surface area (Å²) >= 11 is 12.3. The van der Waals surface area contributed by atoms with Crippen LogP contribution in [0.25, 0.3) is 0 Å².